The summed E-state index contributed by atoms with van der Waals surface area (Å²) in [6.45, 7) is 1.31. The van der Waals surface area contributed by atoms with Gasteiger partial charge in [-0.2, -0.15) is 10.5 Å². The van der Waals surface area contributed by atoms with E-state index in [4.69, 9.17) is 42.1 Å². The van der Waals surface area contributed by atoms with Crippen LogP contribution in [-0.2, 0) is 20.1 Å². The Kier molecular flexibility index (Phi) is 15.6. The van der Waals surface area contributed by atoms with Crippen LogP contribution in [0, 0.1) is 22.7 Å². The molecule has 6 N–H and O–H groups in total. The van der Waals surface area contributed by atoms with Gasteiger partial charge < -0.3 is 35.8 Å². The summed E-state index contributed by atoms with van der Waals surface area (Å²) >= 11 is 8.77. The maximum absolute atomic E-state index is 11.3. The van der Waals surface area contributed by atoms with Gasteiger partial charge in [-0.05, 0) is 29.8 Å². The Hall–Kier alpha value is -4.74. The highest BCUT2D eigenvalue weighted by Gasteiger charge is 2.21. The number of carbonyl (C=O) groups is 2. The lowest BCUT2D eigenvalue weighted by atomic mass is 9.97. The lowest BCUT2D eigenvalue weighted by Crippen LogP contribution is -2.21. The molecule has 16 heteroatoms. The van der Waals surface area contributed by atoms with Gasteiger partial charge in [0.2, 0.25) is 0 Å². The number of thiazole rings is 1. The van der Waals surface area contributed by atoms with E-state index in [1.165, 1.54) is 23.1 Å². The van der Waals surface area contributed by atoms with Crippen LogP contribution < -0.4 is 15.8 Å². The van der Waals surface area contributed by atoms with Crippen LogP contribution in [-0.4, -0.2) is 76.7 Å². The van der Waals surface area contributed by atoms with Crippen LogP contribution in [0.25, 0.3) is 21.7 Å². The molecule has 0 saturated heterocycles. The standard InChI is InChI=1S/C28H20ClN5O5S2.C4H11NO2/c29-18-5-1-17(2-6-18)27-33-19(14-40-27)15-41-28-22(13-31)25(21(12-30)26(32)34-28)16-3-7-20(8-4-16)38-9-10-39-24(37)11-23(35)36;6-3-1-5-2-4-7/h1-8,14H,9-11,15H2,(H2,32,34)(H,35,36);5-7H,1-4H2. The molecule has 4 rings (SSSR count). The van der Waals surface area contributed by atoms with E-state index < -0.39 is 18.4 Å². The zero-order valence-corrected chi connectivity index (χ0v) is 27.8. The fraction of sp³-hybridized carbons (Fsp3) is 0.250. The topological polar surface area (TPSA) is 225 Å². The number of aliphatic hydroxyl groups excluding tert-OH is 2. The van der Waals surface area contributed by atoms with Crippen molar-refractivity contribution in [3.63, 3.8) is 0 Å². The molecule has 0 atom stereocenters. The predicted molar refractivity (Wildman–Crippen MR) is 181 cm³/mol. The summed E-state index contributed by atoms with van der Waals surface area (Å²) in [6.07, 6.45) is -0.722. The molecule has 0 unspecified atom stereocenters. The number of halogens is 1. The number of carbonyl (C=O) groups excluding carboxylic acids is 1. The summed E-state index contributed by atoms with van der Waals surface area (Å²) in [5, 5.41) is 51.3. The van der Waals surface area contributed by atoms with Crippen LogP contribution in [0.5, 0.6) is 5.75 Å². The van der Waals surface area contributed by atoms with E-state index in [2.05, 4.69) is 27.4 Å². The second kappa shape index (κ2) is 19.8. The van der Waals surface area contributed by atoms with Crippen molar-refractivity contribution in [2.75, 3.05) is 45.3 Å². The number of aliphatic carboxylic acids is 1. The van der Waals surface area contributed by atoms with Gasteiger partial charge >= 0.3 is 11.9 Å². The molecule has 2 heterocycles. The summed E-state index contributed by atoms with van der Waals surface area (Å²) < 4.78 is 10.3. The third-order valence-corrected chi connectivity index (χ3v) is 8.25. The lowest BCUT2D eigenvalue weighted by molar-refractivity contribution is -0.151. The summed E-state index contributed by atoms with van der Waals surface area (Å²) in [7, 11) is 0. The molecule has 0 radical (unpaired) electrons. The number of nitrogens with two attached hydrogens (primary N) is 1. The third-order valence-electron chi connectivity index (χ3n) is 6.05. The Bertz CT molecular complexity index is 1750. The minimum Gasteiger partial charge on any atom is -0.490 e. The Labute approximate surface area is 289 Å². The van der Waals surface area contributed by atoms with Crippen LogP contribution >= 0.6 is 34.7 Å². The Morgan fingerprint density at radius 1 is 0.958 bits per heavy atom. The fourth-order valence-corrected chi connectivity index (χ4v) is 5.87. The van der Waals surface area contributed by atoms with Crippen molar-refractivity contribution in [1.82, 2.24) is 15.3 Å². The van der Waals surface area contributed by atoms with Crippen molar-refractivity contribution >= 4 is 52.5 Å². The summed E-state index contributed by atoms with van der Waals surface area (Å²) in [6, 6.07) is 18.2. The number of carboxylic acids is 1. The van der Waals surface area contributed by atoms with Crippen molar-refractivity contribution < 1.29 is 34.4 Å². The number of hydrogen-bond acceptors (Lipinski definition) is 14. The number of nitriles is 2. The number of carboxylic acid groups (broad SMARTS) is 1. The number of pyridine rings is 1. The number of thioether (sulfide) groups is 1. The zero-order chi connectivity index (χ0) is 34.9. The number of nitrogen functional groups attached to an aromatic ring is 1. The molecule has 0 aliphatic heterocycles. The lowest BCUT2D eigenvalue weighted by Gasteiger charge is -2.13. The van der Waals surface area contributed by atoms with Gasteiger partial charge in [0.05, 0.1) is 24.5 Å². The number of esters is 1. The summed E-state index contributed by atoms with van der Waals surface area (Å²) in [5.41, 5.74) is 9.11. The van der Waals surface area contributed by atoms with E-state index >= 15 is 0 Å². The highest BCUT2D eigenvalue weighted by atomic mass is 35.5. The van der Waals surface area contributed by atoms with Crippen LogP contribution in [0.2, 0.25) is 5.02 Å². The molecule has 0 saturated carbocycles. The molecule has 4 aromatic rings. The van der Waals surface area contributed by atoms with Crippen molar-refractivity contribution in [2.45, 2.75) is 17.2 Å². The van der Waals surface area contributed by atoms with Gasteiger partial charge in [-0.25, -0.2) is 9.97 Å². The predicted octanol–water partition coefficient (Wildman–Crippen LogP) is 4.10. The van der Waals surface area contributed by atoms with E-state index in [1.54, 1.807) is 36.4 Å². The minimum atomic E-state index is -1.27. The average molecular weight is 711 g/mol. The SMILES string of the molecule is N#Cc1c(N)nc(SCc2csc(-c3ccc(Cl)cc3)n2)c(C#N)c1-c1ccc(OCCOC(=O)CC(=O)O)cc1.OCCNCCO. The van der Waals surface area contributed by atoms with Crippen LogP contribution in [0.3, 0.4) is 0 Å². The van der Waals surface area contributed by atoms with E-state index in [-0.39, 0.29) is 43.4 Å². The normalized spacial score (nSPS) is 10.3. The van der Waals surface area contributed by atoms with Gasteiger partial charge in [-0.3, -0.25) is 9.59 Å². The first-order valence-electron chi connectivity index (χ1n) is 14.2. The average Bonchev–Trinajstić information content (AvgIpc) is 3.55. The van der Waals surface area contributed by atoms with Crippen molar-refractivity contribution in [3.05, 3.63) is 75.8 Å². The third kappa shape index (κ3) is 11.5. The molecule has 13 nitrogen and oxygen atoms in total. The number of aliphatic hydroxyl groups is 2. The largest absolute Gasteiger partial charge is 0.490 e. The Morgan fingerprint density at radius 3 is 2.21 bits per heavy atom. The Morgan fingerprint density at radius 2 is 1.60 bits per heavy atom. The Balaban J connectivity index is 0.000000804. The van der Waals surface area contributed by atoms with Gasteiger partial charge in [-0.1, -0.05) is 47.6 Å². The van der Waals surface area contributed by atoms with Gasteiger partial charge in [-0.15, -0.1) is 11.3 Å². The number of nitrogens with one attached hydrogen (secondary N) is 1. The molecular weight excluding hydrogens is 680 g/mol. The fourth-order valence-electron chi connectivity index (χ4n) is 3.92. The van der Waals surface area contributed by atoms with E-state index in [1.807, 2.05) is 17.5 Å². The highest BCUT2D eigenvalue weighted by Crippen LogP contribution is 2.37. The molecule has 0 aliphatic rings. The number of benzene rings is 2. The molecule has 2 aromatic carbocycles. The molecular formula is C32H31ClN6O7S2. The summed E-state index contributed by atoms with van der Waals surface area (Å²) in [4.78, 5) is 30.8. The zero-order valence-electron chi connectivity index (χ0n) is 25.4. The quantitative estimate of drug-likeness (QED) is 0.0507. The second-order valence-electron chi connectivity index (χ2n) is 9.45. The molecule has 0 spiro atoms. The van der Waals surface area contributed by atoms with Gasteiger partial charge in [0, 0.05) is 40.4 Å². The maximum Gasteiger partial charge on any atom is 0.317 e. The second-order valence-corrected chi connectivity index (χ2v) is 11.7. The molecule has 2 aromatic heterocycles. The molecule has 0 amide bonds. The van der Waals surface area contributed by atoms with Crippen molar-refractivity contribution in [3.8, 4) is 39.6 Å². The number of aromatic nitrogens is 2. The first-order chi connectivity index (χ1) is 23.2. The van der Waals surface area contributed by atoms with E-state index in [9.17, 15) is 20.1 Å². The van der Waals surface area contributed by atoms with E-state index in [0.717, 1.165) is 16.3 Å². The minimum absolute atomic E-state index is 0.00707. The van der Waals surface area contributed by atoms with E-state index in [0.29, 0.717) is 45.8 Å². The highest BCUT2D eigenvalue weighted by molar-refractivity contribution is 7.98. The van der Waals surface area contributed by atoms with Crippen LogP contribution in [0.1, 0.15) is 23.2 Å². The van der Waals surface area contributed by atoms with Crippen LogP contribution in [0.4, 0.5) is 5.82 Å². The van der Waals surface area contributed by atoms with Crippen LogP contribution in [0.15, 0.2) is 58.9 Å². The first kappa shape index (κ1) is 37.7. The number of nitrogens with zero attached hydrogens (tertiary/aromatic N) is 4. The number of ether oxygens (including phenoxy) is 2. The monoisotopic (exact) mass is 710 g/mol. The number of rotatable bonds is 15. The van der Waals surface area contributed by atoms with Gasteiger partial charge in [0.1, 0.15) is 58.9 Å². The first-order valence-corrected chi connectivity index (χ1v) is 16.4. The summed E-state index contributed by atoms with van der Waals surface area (Å²) in [5.74, 6) is -1.25. The molecule has 0 fully saturated rings. The molecule has 250 valence electrons. The smallest absolute Gasteiger partial charge is 0.317 e. The van der Waals surface area contributed by atoms with Crippen molar-refractivity contribution in [1.29, 1.82) is 10.5 Å². The van der Waals surface area contributed by atoms with Crippen molar-refractivity contribution in [2.24, 2.45) is 0 Å². The number of anilines is 1. The number of hydrogen-bond donors (Lipinski definition) is 5. The maximum atomic E-state index is 11.3. The van der Waals surface area contributed by atoms with Gasteiger partial charge in [0.15, 0.2) is 0 Å². The molecule has 0 aliphatic carbocycles. The molecule has 48 heavy (non-hydrogen) atoms. The van der Waals surface area contributed by atoms with Gasteiger partial charge in [0.25, 0.3) is 0 Å². The molecule has 0 bridgehead atoms.